The topological polar surface area (TPSA) is 85.6 Å². The number of nitrogens with zero attached hydrogens (tertiary/aromatic N) is 6. The second-order valence-electron chi connectivity index (χ2n) is 12.0. The lowest BCUT2D eigenvalue weighted by atomic mass is 9.75. The third-order valence-corrected chi connectivity index (χ3v) is 8.86. The zero-order chi connectivity index (χ0) is 31.4. The molecule has 0 bridgehead atoms. The number of rotatable bonds is 8. The van der Waals surface area contributed by atoms with E-state index in [0.29, 0.717) is 26.2 Å². The van der Waals surface area contributed by atoms with Gasteiger partial charge in [-0.05, 0) is 41.8 Å². The standard InChI is InChI=1S/C30H33F5N6O3/c1-4-44-26-10-20(28(15-43-16-28)11-25-38-36-17-39(25)3)9-24(37-26)41-14-22-21(27(41)42)7-19(8-23(22)30(33,34)35)13-40-6-5-29(31,32)18(2)12-40/h7-10,17-18H,4-6,11-16H2,1-3H3/t18-/m1/s1. The number of carbonyl (C=O) groups is 1. The molecule has 5 heterocycles. The maximum Gasteiger partial charge on any atom is 0.416 e. The van der Waals surface area contributed by atoms with Crippen LogP contribution in [0.15, 0.2) is 30.6 Å². The Hall–Kier alpha value is -3.65. The van der Waals surface area contributed by atoms with Crippen LogP contribution in [0.3, 0.4) is 0 Å². The molecule has 0 unspecified atom stereocenters. The van der Waals surface area contributed by atoms with Gasteiger partial charge in [0.05, 0.1) is 31.9 Å². The Morgan fingerprint density at radius 2 is 1.93 bits per heavy atom. The lowest BCUT2D eigenvalue weighted by Gasteiger charge is -2.42. The summed E-state index contributed by atoms with van der Waals surface area (Å²) in [6.45, 7) is 4.03. The molecule has 0 aliphatic carbocycles. The highest BCUT2D eigenvalue weighted by molar-refractivity contribution is 6.10. The van der Waals surface area contributed by atoms with Crippen molar-refractivity contribution in [2.45, 2.75) is 57.3 Å². The molecule has 0 radical (unpaired) electrons. The molecular formula is C30H33F5N6O3. The van der Waals surface area contributed by atoms with Gasteiger partial charge in [0.15, 0.2) is 0 Å². The first-order chi connectivity index (χ1) is 20.8. The molecule has 0 N–H and O–H groups in total. The van der Waals surface area contributed by atoms with Gasteiger partial charge in [-0.2, -0.15) is 18.2 Å². The maximum absolute atomic E-state index is 14.4. The minimum Gasteiger partial charge on any atom is -0.478 e. The van der Waals surface area contributed by atoms with Crippen LogP contribution in [0.25, 0.3) is 0 Å². The Balaban J connectivity index is 1.34. The van der Waals surface area contributed by atoms with Gasteiger partial charge in [-0.25, -0.2) is 8.78 Å². The van der Waals surface area contributed by atoms with Crippen molar-refractivity contribution < 1.29 is 36.2 Å². The molecular weight excluding hydrogens is 587 g/mol. The maximum atomic E-state index is 14.4. The third kappa shape index (κ3) is 5.53. The van der Waals surface area contributed by atoms with Crippen LogP contribution < -0.4 is 9.64 Å². The predicted octanol–water partition coefficient (Wildman–Crippen LogP) is 4.78. The molecule has 0 spiro atoms. The van der Waals surface area contributed by atoms with Crippen LogP contribution in [-0.4, -0.2) is 69.4 Å². The number of hydrogen-bond acceptors (Lipinski definition) is 7. The molecule has 2 aromatic heterocycles. The Morgan fingerprint density at radius 3 is 2.55 bits per heavy atom. The number of aryl methyl sites for hydroxylation is 1. The van der Waals surface area contributed by atoms with E-state index in [1.165, 1.54) is 17.9 Å². The summed E-state index contributed by atoms with van der Waals surface area (Å²) in [5, 5.41) is 8.15. The number of halogens is 5. The van der Waals surface area contributed by atoms with Crippen molar-refractivity contribution in [2.24, 2.45) is 13.0 Å². The van der Waals surface area contributed by atoms with Crippen molar-refractivity contribution in [3.05, 3.63) is 64.2 Å². The molecule has 44 heavy (non-hydrogen) atoms. The summed E-state index contributed by atoms with van der Waals surface area (Å²) in [5.74, 6) is -3.24. The highest BCUT2D eigenvalue weighted by Gasteiger charge is 2.45. The highest BCUT2D eigenvalue weighted by Crippen LogP contribution is 2.42. The van der Waals surface area contributed by atoms with E-state index in [-0.39, 0.29) is 61.0 Å². The number of aromatic nitrogens is 4. The number of benzene rings is 1. The number of hydrogen-bond donors (Lipinski definition) is 0. The summed E-state index contributed by atoms with van der Waals surface area (Å²) in [7, 11) is 1.83. The fourth-order valence-electron chi connectivity index (χ4n) is 6.21. The average molecular weight is 621 g/mol. The number of piperidine rings is 1. The molecule has 1 atom stereocenters. The van der Waals surface area contributed by atoms with Crippen LogP contribution in [0, 0.1) is 5.92 Å². The molecule has 14 heteroatoms. The molecule has 3 aliphatic rings. The number of ether oxygens (including phenoxy) is 2. The smallest absolute Gasteiger partial charge is 0.416 e. The Bertz CT molecular complexity index is 1570. The monoisotopic (exact) mass is 620 g/mol. The molecule has 2 fully saturated rings. The average Bonchev–Trinajstić information content (AvgIpc) is 3.49. The van der Waals surface area contributed by atoms with Crippen LogP contribution in [0.2, 0.25) is 0 Å². The molecule has 6 rings (SSSR count). The van der Waals surface area contributed by atoms with Crippen molar-refractivity contribution in [1.82, 2.24) is 24.6 Å². The van der Waals surface area contributed by atoms with Gasteiger partial charge in [-0.1, -0.05) is 6.92 Å². The van der Waals surface area contributed by atoms with Crippen LogP contribution in [0.5, 0.6) is 5.88 Å². The Labute approximate surface area is 251 Å². The Morgan fingerprint density at radius 1 is 1.16 bits per heavy atom. The van der Waals surface area contributed by atoms with Crippen LogP contribution in [-0.2, 0) is 42.9 Å². The van der Waals surface area contributed by atoms with Gasteiger partial charge < -0.3 is 14.0 Å². The van der Waals surface area contributed by atoms with Crippen LogP contribution in [0.1, 0.15) is 58.7 Å². The fraction of sp³-hybridized carbons (Fsp3) is 0.533. The van der Waals surface area contributed by atoms with E-state index < -0.39 is 34.9 Å². The minimum atomic E-state index is -4.73. The molecule has 2 saturated heterocycles. The predicted molar refractivity (Wildman–Crippen MR) is 149 cm³/mol. The SMILES string of the molecule is CCOc1cc(C2(Cc3nncn3C)COC2)cc(N2Cc3c(cc(CN4CCC(F)(F)[C@H](C)C4)cc3C(F)(F)F)C2=O)n1. The molecule has 236 valence electrons. The van der Waals surface area contributed by atoms with Gasteiger partial charge >= 0.3 is 6.18 Å². The lowest BCUT2D eigenvalue weighted by molar-refractivity contribution is -0.138. The van der Waals surface area contributed by atoms with Crippen molar-refractivity contribution in [2.75, 3.05) is 37.8 Å². The van der Waals surface area contributed by atoms with E-state index in [2.05, 4.69) is 15.2 Å². The van der Waals surface area contributed by atoms with Crippen molar-refractivity contribution in [1.29, 1.82) is 0 Å². The highest BCUT2D eigenvalue weighted by atomic mass is 19.4. The van der Waals surface area contributed by atoms with Gasteiger partial charge in [0, 0.05) is 62.5 Å². The summed E-state index contributed by atoms with van der Waals surface area (Å²) in [4.78, 5) is 21.2. The fourth-order valence-corrected chi connectivity index (χ4v) is 6.21. The molecule has 1 aromatic carbocycles. The van der Waals surface area contributed by atoms with Gasteiger partial charge in [0.25, 0.3) is 11.8 Å². The van der Waals surface area contributed by atoms with Gasteiger partial charge in [-0.3, -0.25) is 14.6 Å². The lowest BCUT2D eigenvalue weighted by Crippen LogP contribution is -2.49. The molecule has 3 aliphatic heterocycles. The summed E-state index contributed by atoms with van der Waals surface area (Å²) in [6.07, 6.45) is -3.02. The van der Waals surface area contributed by atoms with E-state index in [1.54, 1.807) is 34.9 Å². The first-order valence-corrected chi connectivity index (χ1v) is 14.5. The number of amides is 1. The number of pyridine rings is 1. The molecule has 0 saturated carbocycles. The van der Waals surface area contributed by atoms with Crippen LogP contribution >= 0.6 is 0 Å². The number of anilines is 1. The van der Waals surface area contributed by atoms with E-state index in [4.69, 9.17) is 9.47 Å². The third-order valence-electron chi connectivity index (χ3n) is 8.86. The van der Waals surface area contributed by atoms with E-state index >= 15 is 0 Å². The first-order valence-electron chi connectivity index (χ1n) is 14.5. The normalized spacial score (nSPS) is 21.3. The second kappa shape index (κ2) is 11.1. The zero-order valence-corrected chi connectivity index (χ0v) is 24.6. The number of alkyl halides is 5. The quantitative estimate of drug-likeness (QED) is 0.336. The van der Waals surface area contributed by atoms with Crippen molar-refractivity contribution in [3.63, 3.8) is 0 Å². The van der Waals surface area contributed by atoms with Gasteiger partial charge in [0.1, 0.15) is 18.0 Å². The van der Waals surface area contributed by atoms with E-state index in [1.807, 2.05) is 7.05 Å². The number of carbonyl (C=O) groups excluding carboxylic acids is 1. The van der Waals surface area contributed by atoms with E-state index in [9.17, 15) is 26.7 Å². The number of likely N-dealkylation sites (tertiary alicyclic amines) is 1. The largest absolute Gasteiger partial charge is 0.478 e. The Kier molecular flexibility index (Phi) is 7.63. The molecule has 9 nitrogen and oxygen atoms in total. The van der Waals surface area contributed by atoms with Crippen molar-refractivity contribution >= 4 is 11.7 Å². The summed E-state index contributed by atoms with van der Waals surface area (Å²) in [6, 6.07) is 5.95. The van der Waals surface area contributed by atoms with Gasteiger partial charge in [0.2, 0.25) is 5.88 Å². The van der Waals surface area contributed by atoms with Crippen LogP contribution in [0.4, 0.5) is 27.8 Å². The van der Waals surface area contributed by atoms with Crippen molar-refractivity contribution in [3.8, 4) is 5.88 Å². The minimum absolute atomic E-state index is 0.0247. The molecule has 1 amide bonds. The number of fused-ring (bicyclic) bond motifs is 1. The van der Waals surface area contributed by atoms with Gasteiger partial charge in [-0.15, -0.1) is 10.2 Å². The summed E-state index contributed by atoms with van der Waals surface area (Å²) < 4.78 is 84.3. The molecule has 3 aromatic rings. The summed E-state index contributed by atoms with van der Waals surface area (Å²) >= 11 is 0. The zero-order valence-electron chi connectivity index (χ0n) is 24.6. The first kappa shape index (κ1) is 30.4. The second-order valence-corrected chi connectivity index (χ2v) is 12.0. The van der Waals surface area contributed by atoms with E-state index in [0.717, 1.165) is 17.5 Å². The summed E-state index contributed by atoms with van der Waals surface area (Å²) in [5.41, 5.74) is -0.645.